The number of hydrogen-bond donors (Lipinski definition) is 1. The molecule has 124 valence electrons. The minimum atomic E-state index is -0.103. The minimum Gasteiger partial charge on any atom is -0.308 e. The molecular weight excluding hydrogens is 322 g/mol. The maximum Gasteiger partial charge on any atom is 0.266 e. The van der Waals surface area contributed by atoms with E-state index in [-0.39, 0.29) is 11.6 Å². The van der Waals surface area contributed by atoms with Crippen LogP contribution >= 0.6 is 11.6 Å². The van der Waals surface area contributed by atoms with Crippen molar-refractivity contribution < 1.29 is 0 Å². The van der Waals surface area contributed by atoms with Gasteiger partial charge in [-0.15, -0.1) is 0 Å². The van der Waals surface area contributed by atoms with E-state index in [4.69, 9.17) is 16.6 Å². The van der Waals surface area contributed by atoms with E-state index < -0.39 is 0 Å². The van der Waals surface area contributed by atoms with Gasteiger partial charge in [0, 0.05) is 0 Å². The van der Waals surface area contributed by atoms with E-state index in [0.717, 1.165) is 13.0 Å². The summed E-state index contributed by atoms with van der Waals surface area (Å²) in [6, 6.07) is 14.7. The van der Waals surface area contributed by atoms with Gasteiger partial charge in [-0.1, -0.05) is 42.8 Å². The Bertz CT molecular complexity index is 920. The number of rotatable bonds is 5. The normalized spacial score (nSPS) is 12.5. The topological polar surface area (TPSA) is 46.9 Å². The van der Waals surface area contributed by atoms with Crippen LogP contribution in [0, 0.1) is 0 Å². The van der Waals surface area contributed by atoms with Gasteiger partial charge in [-0.25, -0.2) is 4.98 Å². The van der Waals surface area contributed by atoms with Crippen molar-refractivity contribution in [1.29, 1.82) is 0 Å². The van der Waals surface area contributed by atoms with E-state index in [1.54, 1.807) is 16.7 Å². The summed E-state index contributed by atoms with van der Waals surface area (Å²) in [5.41, 5.74) is 1.25. The zero-order valence-electron chi connectivity index (χ0n) is 13.8. The fourth-order valence-electron chi connectivity index (χ4n) is 2.76. The molecule has 0 spiro atoms. The molecule has 2 aromatic carbocycles. The van der Waals surface area contributed by atoms with Gasteiger partial charge in [-0.3, -0.25) is 9.36 Å². The molecule has 5 heteroatoms. The Morgan fingerprint density at radius 3 is 2.62 bits per heavy atom. The number of nitrogens with one attached hydrogen (secondary N) is 1. The highest BCUT2D eigenvalue weighted by Crippen LogP contribution is 2.23. The molecule has 0 radical (unpaired) electrons. The molecule has 0 amide bonds. The van der Waals surface area contributed by atoms with Gasteiger partial charge in [-0.05, 0) is 44.2 Å². The van der Waals surface area contributed by atoms with E-state index in [1.807, 2.05) is 43.3 Å². The molecule has 3 aromatic rings. The molecule has 1 aromatic heterocycles. The van der Waals surface area contributed by atoms with Crippen molar-refractivity contribution in [1.82, 2.24) is 14.9 Å². The monoisotopic (exact) mass is 341 g/mol. The lowest BCUT2D eigenvalue weighted by molar-refractivity contribution is 0.531. The molecule has 0 aliphatic heterocycles. The van der Waals surface area contributed by atoms with Crippen LogP contribution in [0.25, 0.3) is 16.6 Å². The van der Waals surface area contributed by atoms with Crippen molar-refractivity contribution in [2.75, 3.05) is 6.54 Å². The molecule has 0 saturated carbocycles. The second-order valence-electron chi connectivity index (χ2n) is 5.75. The first-order valence-electron chi connectivity index (χ1n) is 8.13. The Balaban J connectivity index is 2.30. The van der Waals surface area contributed by atoms with Crippen LogP contribution in [-0.4, -0.2) is 16.1 Å². The lowest BCUT2D eigenvalue weighted by Crippen LogP contribution is -2.30. The predicted molar refractivity (Wildman–Crippen MR) is 99.1 cm³/mol. The predicted octanol–water partition coefficient (Wildman–Crippen LogP) is 4.10. The molecule has 0 aliphatic rings. The van der Waals surface area contributed by atoms with E-state index in [1.165, 1.54) is 0 Å². The van der Waals surface area contributed by atoms with Gasteiger partial charge in [0.2, 0.25) is 0 Å². The minimum absolute atomic E-state index is 0.0708. The highest BCUT2D eigenvalue weighted by Gasteiger charge is 2.18. The van der Waals surface area contributed by atoms with Gasteiger partial charge in [0.05, 0.1) is 27.7 Å². The van der Waals surface area contributed by atoms with Crippen molar-refractivity contribution in [3.63, 3.8) is 0 Å². The Hall–Kier alpha value is -2.17. The number of fused-ring (bicyclic) bond motifs is 1. The molecule has 1 heterocycles. The van der Waals surface area contributed by atoms with Crippen LogP contribution in [-0.2, 0) is 0 Å². The molecule has 1 atom stereocenters. The van der Waals surface area contributed by atoms with E-state index >= 15 is 0 Å². The summed E-state index contributed by atoms with van der Waals surface area (Å²) in [4.78, 5) is 17.9. The lowest BCUT2D eigenvalue weighted by Gasteiger charge is -2.20. The maximum atomic E-state index is 13.1. The molecule has 0 bridgehead atoms. The summed E-state index contributed by atoms with van der Waals surface area (Å²) in [6.45, 7) is 4.97. The molecule has 0 aliphatic carbocycles. The van der Waals surface area contributed by atoms with Gasteiger partial charge in [0.25, 0.3) is 5.56 Å². The van der Waals surface area contributed by atoms with Crippen LogP contribution < -0.4 is 10.9 Å². The van der Waals surface area contributed by atoms with Crippen molar-refractivity contribution in [3.05, 3.63) is 69.7 Å². The first-order valence-corrected chi connectivity index (χ1v) is 8.51. The molecule has 1 unspecified atom stereocenters. The fraction of sp³-hybridized carbons (Fsp3) is 0.263. The molecule has 24 heavy (non-hydrogen) atoms. The average molecular weight is 342 g/mol. The second kappa shape index (κ2) is 7.16. The first kappa shape index (κ1) is 16.7. The van der Waals surface area contributed by atoms with Crippen LogP contribution in [0.2, 0.25) is 5.02 Å². The van der Waals surface area contributed by atoms with E-state index in [2.05, 4.69) is 12.2 Å². The van der Waals surface area contributed by atoms with Gasteiger partial charge in [0.1, 0.15) is 5.82 Å². The molecular formula is C19H20ClN3O. The Labute approximate surface area is 146 Å². The van der Waals surface area contributed by atoms with Crippen LogP contribution in [0.5, 0.6) is 0 Å². The SMILES string of the molecule is CCCNC(C)c1nc2ccccc2c(=O)n1-c1ccccc1Cl. The van der Waals surface area contributed by atoms with Gasteiger partial charge in [-0.2, -0.15) is 0 Å². The quantitative estimate of drug-likeness (QED) is 0.760. The first-order chi connectivity index (χ1) is 11.6. The Morgan fingerprint density at radius 1 is 1.17 bits per heavy atom. The van der Waals surface area contributed by atoms with E-state index in [0.29, 0.717) is 27.4 Å². The molecule has 1 N–H and O–H groups in total. The van der Waals surface area contributed by atoms with Crippen LogP contribution in [0.15, 0.2) is 53.3 Å². The number of para-hydroxylation sites is 2. The largest absolute Gasteiger partial charge is 0.308 e. The van der Waals surface area contributed by atoms with Gasteiger partial charge in [0.15, 0.2) is 0 Å². The van der Waals surface area contributed by atoms with Crippen LogP contribution in [0.4, 0.5) is 0 Å². The highest BCUT2D eigenvalue weighted by molar-refractivity contribution is 6.32. The zero-order valence-corrected chi connectivity index (χ0v) is 14.5. The Morgan fingerprint density at radius 2 is 1.88 bits per heavy atom. The lowest BCUT2D eigenvalue weighted by atomic mass is 10.2. The Kier molecular flexibility index (Phi) is 4.97. The summed E-state index contributed by atoms with van der Waals surface area (Å²) < 4.78 is 1.62. The second-order valence-corrected chi connectivity index (χ2v) is 6.16. The summed E-state index contributed by atoms with van der Waals surface area (Å²) in [6.07, 6.45) is 1.01. The number of aromatic nitrogens is 2. The standard InChI is InChI=1S/C19H20ClN3O/c1-3-12-21-13(2)18-22-16-10-6-4-8-14(16)19(24)23(18)17-11-7-5-9-15(17)20/h4-11,13,21H,3,12H2,1-2H3. The zero-order chi connectivity index (χ0) is 17.1. The summed E-state index contributed by atoms with van der Waals surface area (Å²) in [5, 5.41) is 4.52. The smallest absolute Gasteiger partial charge is 0.266 e. The summed E-state index contributed by atoms with van der Waals surface area (Å²) in [7, 11) is 0. The molecule has 4 nitrogen and oxygen atoms in total. The number of halogens is 1. The van der Waals surface area contributed by atoms with E-state index in [9.17, 15) is 4.79 Å². The summed E-state index contributed by atoms with van der Waals surface area (Å²) >= 11 is 6.36. The van der Waals surface area contributed by atoms with Gasteiger partial charge >= 0.3 is 0 Å². The van der Waals surface area contributed by atoms with Crippen molar-refractivity contribution in [2.24, 2.45) is 0 Å². The van der Waals surface area contributed by atoms with Crippen molar-refractivity contribution >= 4 is 22.5 Å². The van der Waals surface area contributed by atoms with Crippen molar-refractivity contribution in [2.45, 2.75) is 26.3 Å². The van der Waals surface area contributed by atoms with Crippen molar-refractivity contribution in [3.8, 4) is 5.69 Å². The third kappa shape index (κ3) is 3.07. The van der Waals surface area contributed by atoms with Crippen LogP contribution in [0.1, 0.15) is 32.1 Å². The third-order valence-electron chi connectivity index (χ3n) is 3.98. The van der Waals surface area contributed by atoms with Crippen LogP contribution in [0.3, 0.4) is 0 Å². The molecule has 3 rings (SSSR count). The molecule has 0 fully saturated rings. The highest BCUT2D eigenvalue weighted by atomic mass is 35.5. The summed E-state index contributed by atoms with van der Waals surface area (Å²) in [5.74, 6) is 0.667. The maximum absolute atomic E-state index is 13.1. The average Bonchev–Trinajstić information content (AvgIpc) is 2.60. The number of nitrogens with zero attached hydrogens (tertiary/aromatic N) is 2. The third-order valence-corrected chi connectivity index (χ3v) is 4.30. The van der Waals surface area contributed by atoms with Gasteiger partial charge < -0.3 is 5.32 Å². The fourth-order valence-corrected chi connectivity index (χ4v) is 2.98. The number of benzene rings is 2. The molecule has 0 saturated heterocycles. The number of hydrogen-bond acceptors (Lipinski definition) is 3.